The van der Waals surface area contributed by atoms with E-state index in [0.29, 0.717) is 16.6 Å². The van der Waals surface area contributed by atoms with Crippen molar-refractivity contribution in [3.8, 4) is 5.69 Å². The van der Waals surface area contributed by atoms with Gasteiger partial charge >= 0.3 is 0 Å². The number of carbonyl (C=O) groups excluding carboxylic acids is 1. The largest absolute Gasteiger partial charge is 0.327 e. The van der Waals surface area contributed by atoms with E-state index in [-0.39, 0.29) is 35.3 Å². The monoisotopic (exact) mass is 474 g/mol. The molecule has 0 spiro atoms. The van der Waals surface area contributed by atoms with Gasteiger partial charge < -0.3 is 9.88 Å². The third-order valence-corrected chi connectivity index (χ3v) is 5.48. The number of aryl methyl sites for hydroxylation is 1. The molecule has 0 bridgehead atoms. The molecule has 2 aromatic heterocycles. The molecule has 35 heavy (non-hydrogen) atoms. The van der Waals surface area contributed by atoms with Gasteiger partial charge in [-0.15, -0.1) is 0 Å². The smallest absolute Gasteiger partial charge is 0.294 e. The van der Waals surface area contributed by atoms with Gasteiger partial charge in [-0.05, 0) is 39.0 Å². The minimum Gasteiger partial charge on any atom is -0.327 e. The number of nitrogens with one attached hydrogen (secondary N) is 1. The van der Waals surface area contributed by atoms with Crippen molar-refractivity contribution < 1.29 is 9.72 Å². The van der Waals surface area contributed by atoms with Gasteiger partial charge in [0, 0.05) is 23.9 Å². The summed E-state index contributed by atoms with van der Waals surface area (Å²) in [6.45, 7) is 5.01. The first-order valence-corrected chi connectivity index (χ1v) is 10.8. The normalized spacial score (nSPS) is 11.1. The van der Waals surface area contributed by atoms with Gasteiger partial charge in [-0.3, -0.25) is 24.5 Å². The van der Waals surface area contributed by atoms with Gasteiger partial charge in [0.15, 0.2) is 5.69 Å². The molecule has 4 aromatic rings. The van der Waals surface area contributed by atoms with Crippen LogP contribution < -0.4 is 11.0 Å². The number of rotatable bonds is 6. The molecule has 0 saturated heterocycles. The Balaban J connectivity index is 1.77. The number of H-pyrrole nitrogens is 1. The summed E-state index contributed by atoms with van der Waals surface area (Å²) in [6.07, 6.45) is 0. The lowest BCUT2D eigenvalue weighted by atomic mass is 10.2. The molecule has 0 saturated carbocycles. The summed E-state index contributed by atoms with van der Waals surface area (Å²) < 4.78 is 1.21. The van der Waals surface area contributed by atoms with Crippen molar-refractivity contribution in [3.63, 3.8) is 0 Å². The van der Waals surface area contributed by atoms with Gasteiger partial charge in [0.05, 0.1) is 22.4 Å². The van der Waals surface area contributed by atoms with E-state index in [9.17, 15) is 24.5 Å². The number of nitro benzene ring substituents is 1. The topological polar surface area (TPSA) is 144 Å². The maximum Gasteiger partial charge on any atom is 0.294 e. The number of para-hydroxylation sites is 3. The number of aromatic amines is 1. The fraction of sp³-hybridized carbons (Fsp3) is 0.208. The second-order valence-electron chi connectivity index (χ2n) is 8.21. The minimum absolute atomic E-state index is 0.0724. The number of carbonyl (C=O) groups is 1. The van der Waals surface area contributed by atoms with E-state index < -0.39 is 22.0 Å². The van der Waals surface area contributed by atoms with Crippen LogP contribution in [-0.2, 0) is 6.54 Å². The van der Waals surface area contributed by atoms with E-state index in [4.69, 9.17) is 0 Å². The number of hydrogen-bond acceptors (Lipinski definition) is 7. The second kappa shape index (κ2) is 9.29. The van der Waals surface area contributed by atoms with Crippen molar-refractivity contribution >= 4 is 22.5 Å². The zero-order chi connectivity index (χ0) is 25.3. The van der Waals surface area contributed by atoms with Gasteiger partial charge in [0.1, 0.15) is 11.5 Å². The van der Waals surface area contributed by atoms with Crippen LogP contribution in [0.1, 0.15) is 35.9 Å². The molecule has 0 unspecified atom stereocenters. The van der Waals surface area contributed by atoms with Crippen molar-refractivity contribution in [3.05, 3.63) is 103 Å². The summed E-state index contributed by atoms with van der Waals surface area (Å²) in [4.78, 5) is 58.1. The van der Waals surface area contributed by atoms with Crippen LogP contribution >= 0.6 is 0 Å². The molecule has 178 valence electrons. The molecule has 4 rings (SSSR count). The van der Waals surface area contributed by atoms with Crippen molar-refractivity contribution in [2.24, 2.45) is 0 Å². The number of aromatic nitrogens is 4. The van der Waals surface area contributed by atoms with Gasteiger partial charge in [-0.25, -0.2) is 9.67 Å². The Kier molecular flexibility index (Phi) is 6.24. The number of hydrogen-bond donors (Lipinski definition) is 1. The lowest BCUT2D eigenvalue weighted by Gasteiger charge is -2.26. The van der Waals surface area contributed by atoms with E-state index in [1.165, 1.54) is 33.8 Å². The number of nitrogens with zero attached hydrogens (tertiary/aromatic N) is 5. The molecule has 0 atom stereocenters. The first-order valence-electron chi connectivity index (χ1n) is 10.8. The Bertz CT molecular complexity index is 1570. The Morgan fingerprint density at radius 1 is 1.14 bits per heavy atom. The Hall–Kier alpha value is -4.67. The maximum absolute atomic E-state index is 13.5. The first kappa shape index (κ1) is 23.5. The van der Waals surface area contributed by atoms with Crippen molar-refractivity contribution in [1.29, 1.82) is 0 Å². The molecule has 1 N–H and O–H groups in total. The lowest BCUT2D eigenvalue weighted by molar-refractivity contribution is -0.384. The number of benzene rings is 2. The van der Waals surface area contributed by atoms with Crippen LogP contribution in [0.2, 0.25) is 0 Å². The fourth-order valence-electron chi connectivity index (χ4n) is 3.73. The number of fused-ring (bicyclic) bond motifs is 1. The molecule has 0 aliphatic rings. The Morgan fingerprint density at radius 3 is 2.54 bits per heavy atom. The van der Waals surface area contributed by atoms with Crippen molar-refractivity contribution in [2.45, 2.75) is 33.4 Å². The van der Waals surface area contributed by atoms with E-state index >= 15 is 0 Å². The molecule has 11 nitrogen and oxygen atoms in total. The fourth-order valence-corrected chi connectivity index (χ4v) is 3.73. The third kappa shape index (κ3) is 4.56. The highest BCUT2D eigenvalue weighted by Gasteiger charge is 2.26. The van der Waals surface area contributed by atoms with Crippen LogP contribution in [0, 0.1) is 17.0 Å². The van der Waals surface area contributed by atoms with E-state index in [1.807, 2.05) is 0 Å². The molecule has 1 amide bonds. The highest BCUT2D eigenvalue weighted by atomic mass is 16.6. The van der Waals surface area contributed by atoms with Crippen LogP contribution in [0.25, 0.3) is 16.6 Å². The maximum atomic E-state index is 13.5. The number of amides is 1. The summed E-state index contributed by atoms with van der Waals surface area (Å²) in [5, 5.41) is 16.1. The van der Waals surface area contributed by atoms with E-state index in [0.717, 1.165) is 0 Å². The average molecular weight is 474 g/mol. The van der Waals surface area contributed by atoms with Crippen LogP contribution in [0.4, 0.5) is 5.69 Å². The van der Waals surface area contributed by atoms with Crippen LogP contribution in [-0.4, -0.2) is 41.5 Å². The summed E-state index contributed by atoms with van der Waals surface area (Å²) in [7, 11) is 0. The summed E-state index contributed by atoms with van der Waals surface area (Å²) in [5.74, 6) is -0.435. The second-order valence-corrected chi connectivity index (χ2v) is 8.21. The molecule has 0 radical (unpaired) electrons. The molecule has 0 aliphatic heterocycles. The van der Waals surface area contributed by atoms with E-state index in [1.54, 1.807) is 51.1 Å². The lowest BCUT2D eigenvalue weighted by Crippen LogP contribution is -2.40. The van der Waals surface area contributed by atoms with Crippen LogP contribution in [0.3, 0.4) is 0 Å². The summed E-state index contributed by atoms with van der Waals surface area (Å²) >= 11 is 0. The van der Waals surface area contributed by atoms with Gasteiger partial charge in [-0.1, -0.05) is 24.3 Å². The predicted octanol–water partition coefficient (Wildman–Crippen LogP) is 2.74. The average Bonchev–Trinajstić information content (AvgIpc) is 2.82. The molecule has 2 aromatic carbocycles. The SMILES string of the molecule is Cc1cc(=O)c(C(=O)N(Cc2nc3ccccc3c(=O)[nH]2)C(C)C)nn1-c1ccccc1[N+](=O)[O-]. The molecule has 2 heterocycles. The standard InChI is InChI=1S/C24H22N6O5/c1-14(2)28(13-21-25-17-9-5-4-8-16(17)23(32)26-21)24(33)22-20(31)12-15(3)29(27-22)18-10-6-7-11-19(18)30(34)35/h4-12,14H,13H2,1-3H3,(H,25,26,32). The zero-order valence-electron chi connectivity index (χ0n) is 19.3. The molecular weight excluding hydrogens is 452 g/mol. The van der Waals surface area contributed by atoms with Gasteiger partial charge in [-0.2, -0.15) is 5.10 Å². The highest BCUT2D eigenvalue weighted by molar-refractivity contribution is 5.92. The predicted molar refractivity (Wildman–Crippen MR) is 129 cm³/mol. The number of nitro groups is 1. The summed E-state index contributed by atoms with van der Waals surface area (Å²) in [6, 6.07) is 13.6. The van der Waals surface area contributed by atoms with Crippen LogP contribution in [0.5, 0.6) is 0 Å². The molecule has 11 heteroatoms. The molecule has 0 aliphatic carbocycles. The van der Waals surface area contributed by atoms with Crippen molar-refractivity contribution in [2.75, 3.05) is 0 Å². The first-order chi connectivity index (χ1) is 16.7. The third-order valence-electron chi connectivity index (χ3n) is 5.48. The molecule has 0 fully saturated rings. The van der Waals surface area contributed by atoms with Gasteiger partial charge in [0.25, 0.3) is 17.2 Å². The zero-order valence-corrected chi connectivity index (χ0v) is 19.3. The quantitative estimate of drug-likeness (QED) is 0.334. The van der Waals surface area contributed by atoms with Crippen LogP contribution in [0.15, 0.2) is 64.2 Å². The van der Waals surface area contributed by atoms with E-state index in [2.05, 4.69) is 15.1 Å². The van der Waals surface area contributed by atoms with Gasteiger partial charge in [0.2, 0.25) is 5.43 Å². The minimum atomic E-state index is -0.687. The Morgan fingerprint density at radius 2 is 1.83 bits per heavy atom. The highest BCUT2D eigenvalue weighted by Crippen LogP contribution is 2.22. The molecular formula is C24H22N6O5. The van der Waals surface area contributed by atoms with Crippen molar-refractivity contribution in [1.82, 2.24) is 24.6 Å². The Labute approximate surface area is 198 Å². The summed E-state index contributed by atoms with van der Waals surface area (Å²) in [5.41, 5.74) is -0.635.